The topological polar surface area (TPSA) is 55.4 Å². The average molecular weight is 309 g/mol. The fourth-order valence-corrected chi connectivity index (χ4v) is 3.95. The molecule has 0 saturated heterocycles. The van der Waals surface area contributed by atoms with Crippen LogP contribution in [-0.2, 0) is 10.0 Å². The monoisotopic (exact) mass is 309 g/mol. The van der Waals surface area contributed by atoms with E-state index in [4.69, 9.17) is 4.74 Å². The molecule has 0 bridgehead atoms. The number of ether oxygens (including phenoxy) is 1. The molecular formula is C14H15NO3S2. The van der Waals surface area contributed by atoms with Gasteiger partial charge in [-0.15, -0.1) is 11.3 Å². The molecule has 4 nitrogen and oxygen atoms in total. The molecule has 1 aliphatic carbocycles. The molecule has 6 heteroatoms. The van der Waals surface area contributed by atoms with Crippen LogP contribution in [0.2, 0.25) is 0 Å². The van der Waals surface area contributed by atoms with Crippen molar-refractivity contribution in [3.8, 4) is 16.2 Å². The first kappa shape index (κ1) is 13.6. The third-order valence-corrected chi connectivity index (χ3v) is 6.12. The maximum atomic E-state index is 11.7. The lowest BCUT2D eigenvalue weighted by Crippen LogP contribution is -2.17. The maximum Gasteiger partial charge on any atom is 0.249 e. The van der Waals surface area contributed by atoms with E-state index in [1.807, 2.05) is 30.3 Å². The van der Waals surface area contributed by atoms with Gasteiger partial charge in [0.15, 0.2) is 0 Å². The Morgan fingerprint density at radius 2 is 1.85 bits per heavy atom. The summed E-state index contributed by atoms with van der Waals surface area (Å²) < 4.78 is 31.8. The van der Waals surface area contributed by atoms with Crippen molar-refractivity contribution in [3.05, 3.63) is 36.4 Å². The van der Waals surface area contributed by atoms with Crippen LogP contribution in [-0.4, -0.2) is 21.6 Å². The Morgan fingerprint density at radius 1 is 1.15 bits per heavy atom. The van der Waals surface area contributed by atoms with Gasteiger partial charge in [-0.2, -0.15) is 0 Å². The summed E-state index contributed by atoms with van der Waals surface area (Å²) in [5, 5.41) is 0. The Bertz CT molecular complexity index is 700. The largest absolute Gasteiger partial charge is 0.490 e. The van der Waals surface area contributed by atoms with E-state index in [9.17, 15) is 8.42 Å². The Kier molecular flexibility index (Phi) is 3.54. The van der Waals surface area contributed by atoms with Crippen LogP contribution in [0.1, 0.15) is 12.8 Å². The van der Waals surface area contributed by atoms with Gasteiger partial charge in [0, 0.05) is 4.88 Å². The van der Waals surface area contributed by atoms with Gasteiger partial charge in [-0.3, -0.25) is 0 Å². The molecule has 1 N–H and O–H groups in total. The number of sulfonamides is 1. The first-order chi connectivity index (χ1) is 9.58. The standard InChI is InChI=1S/C14H15NO3S2/c1-15-20(16,17)14-9-8-13(19-14)10-2-4-11(5-3-10)18-12-6-7-12/h2-5,8-9,12,15H,6-7H2,1H3. The van der Waals surface area contributed by atoms with Crippen LogP contribution < -0.4 is 9.46 Å². The van der Waals surface area contributed by atoms with E-state index in [2.05, 4.69) is 4.72 Å². The number of nitrogens with one attached hydrogen (secondary N) is 1. The Morgan fingerprint density at radius 3 is 2.45 bits per heavy atom. The molecule has 0 atom stereocenters. The third-order valence-electron chi connectivity index (χ3n) is 3.08. The van der Waals surface area contributed by atoms with Crippen LogP contribution in [0.5, 0.6) is 5.75 Å². The molecule has 0 radical (unpaired) electrons. The lowest BCUT2D eigenvalue weighted by molar-refractivity contribution is 0.303. The molecule has 0 unspecified atom stereocenters. The van der Waals surface area contributed by atoms with Crippen LogP contribution in [0.15, 0.2) is 40.6 Å². The van der Waals surface area contributed by atoms with Gasteiger partial charge in [-0.05, 0) is 61.9 Å². The number of rotatable bonds is 5. The minimum Gasteiger partial charge on any atom is -0.490 e. The molecular weight excluding hydrogens is 294 g/mol. The SMILES string of the molecule is CNS(=O)(=O)c1ccc(-c2ccc(OC3CC3)cc2)s1. The Balaban J connectivity index is 1.82. The van der Waals surface area contributed by atoms with Crippen LogP contribution in [0.25, 0.3) is 10.4 Å². The van der Waals surface area contributed by atoms with Gasteiger partial charge in [0.2, 0.25) is 10.0 Å². The molecule has 106 valence electrons. The van der Waals surface area contributed by atoms with Crippen molar-refractivity contribution in [1.29, 1.82) is 0 Å². The molecule has 0 spiro atoms. The molecule has 1 aromatic carbocycles. The molecule has 1 aliphatic rings. The summed E-state index contributed by atoms with van der Waals surface area (Å²) in [6.07, 6.45) is 2.66. The van der Waals surface area contributed by atoms with Gasteiger partial charge >= 0.3 is 0 Å². The zero-order valence-corrected chi connectivity index (χ0v) is 12.6. The minimum absolute atomic E-state index is 0.327. The lowest BCUT2D eigenvalue weighted by atomic mass is 10.2. The van der Waals surface area contributed by atoms with E-state index in [1.54, 1.807) is 6.07 Å². The van der Waals surface area contributed by atoms with E-state index in [1.165, 1.54) is 18.4 Å². The van der Waals surface area contributed by atoms with Crippen molar-refractivity contribution in [3.63, 3.8) is 0 Å². The summed E-state index contributed by atoms with van der Waals surface area (Å²) in [4.78, 5) is 0.928. The van der Waals surface area contributed by atoms with Crippen molar-refractivity contribution < 1.29 is 13.2 Å². The fourth-order valence-electron chi connectivity index (χ4n) is 1.80. The lowest BCUT2D eigenvalue weighted by Gasteiger charge is -2.04. The molecule has 1 fully saturated rings. The number of thiophene rings is 1. The highest BCUT2D eigenvalue weighted by atomic mass is 32.2. The van der Waals surface area contributed by atoms with Gasteiger partial charge in [0.1, 0.15) is 9.96 Å². The van der Waals surface area contributed by atoms with Gasteiger partial charge < -0.3 is 4.74 Å². The highest BCUT2D eigenvalue weighted by Gasteiger charge is 2.23. The smallest absolute Gasteiger partial charge is 0.249 e. The molecule has 1 heterocycles. The Hall–Kier alpha value is -1.37. The molecule has 1 aromatic heterocycles. The summed E-state index contributed by atoms with van der Waals surface area (Å²) in [5.41, 5.74) is 0.996. The van der Waals surface area contributed by atoms with Gasteiger partial charge in [-0.25, -0.2) is 13.1 Å². The van der Waals surface area contributed by atoms with Gasteiger partial charge in [0.05, 0.1) is 6.10 Å². The van der Waals surface area contributed by atoms with Crippen LogP contribution in [0.3, 0.4) is 0 Å². The van der Waals surface area contributed by atoms with Crippen LogP contribution in [0.4, 0.5) is 0 Å². The maximum absolute atomic E-state index is 11.7. The summed E-state index contributed by atoms with van der Waals surface area (Å²) in [6, 6.07) is 11.2. The molecule has 3 rings (SSSR count). The van der Waals surface area contributed by atoms with Gasteiger partial charge in [-0.1, -0.05) is 0 Å². The summed E-state index contributed by atoms with van der Waals surface area (Å²) in [6.45, 7) is 0. The van der Waals surface area contributed by atoms with Crippen LogP contribution in [0, 0.1) is 0 Å². The summed E-state index contributed by atoms with van der Waals surface area (Å²) >= 11 is 1.26. The quantitative estimate of drug-likeness (QED) is 0.924. The molecule has 0 amide bonds. The van der Waals surface area contributed by atoms with Crippen molar-refractivity contribution >= 4 is 21.4 Å². The number of hydrogen-bond acceptors (Lipinski definition) is 4. The highest BCUT2D eigenvalue weighted by Crippen LogP contribution is 2.33. The second-order valence-corrected chi connectivity index (χ2v) is 7.86. The molecule has 1 saturated carbocycles. The normalized spacial score (nSPS) is 15.2. The number of benzene rings is 1. The zero-order valence-electron chi connectivity index (χ0n) is 11.0. The van der Waals surface area contributed by atoms with E-state index in [0.29, 0.717) is 10.3 Å². The summed E-state index contributed by atoms with van der Waals surface area (Å²) in [5.74, 6) is 0.871. The van der Waals surface area contributed by atoms with E-state index < -0.39 is 10.0 Å². The van der Waals surface area contributed by atoms with Gasteiger partial charge in [0.25, 0.3) is 0 Å². The van der Waals surface area contributed by atoms with Crippen molar-refractivity contribution in [1.82, 2.24) is 4.72 Å². The van der Waals surface area contributed by atoms with E-state index in [-0.39, 0.29) is 0 Å². The average Bonchev–Trinajstić information content (AvgIpc) is 3.12. The molecule has 2 aromatic rings. The number of hydrogen-bond donors (Lipinski definition) is 1. The predicted octanol–water partition coefficient (Wildman–Crippen LogP) is 2.86. The van der Waals surface area contributed by atoms with Crippen LogP contribution >= 0.6 is 11.3 Å². The predicted molar refractivity (Wildman–Crippen MR) is 79.7 cm³/mol. The first-order valence-corrected chi connectivity index (χ1v) is 8.69. The zero-order chi connectivity index (χ0) is 14.2. The Labute approximate surface area is 122 Å². The fraction of sp³-hybridized carbons (Fsp3) is 0.286. The van der Waals surface area contributed by atoms with E-state index >= 15 is 0 Å². The van der Waals surface area contributed by atoms with E-state index in [0.717, 1.165) is 29.0 Å². The molecule has 0 aliphatic heterocycles. The van der Waals surface area contributed by atoms with Crippen molar-refractivity contribution in [2.45, 2.75) is 23.2 Å². The second-order valence-electron chi connectivity index (χ2n) is 4.67. The first-order valence-electron chi connectivity index (χ1n) is 6.39. The van der Waals surface area contributed by atoms with Crippen molar-refractivity contribution in [2.75, 3.05) is 7.05 Å². The third kappa shape index (κ3) is 2.87. The minimum atomic E-state index is -3.36. The molecule has 20 heavy (non-hydrogen) atoms. The van der Waals surface area contributed by atoms with Crippen molar-refractivity contribution in [2.24, 2.45) is 0 Å². The summed E-state index contributed by atoms with van der Waals surface area (Å²) in [7, 11) is -1.94. The highest BCUT2D eigenvalue weighted by molar-refractivity contribution is 7.91. The second kappa shape index (κ2) is 5.20.